The van der Waals surface area contributed by atoms with Gasteiger partial charge in [-0.1, -0.05) is 0 Å². The van der Waals surface area contributed by atoms with Gasteiger partial charge in [0, 0.05) is 38.1 Å². The van der Waals surface area contributed by atoms with E-state index in [0.717, 1.165) is 4.31 Å². The van der Waals surface area contributed by atoms with Crippen molar-refractivity contribution >= 4 is 10.0 Å². The minimum atomic E-state index is -4.28. The molecule has 1 aromatic heterocycles. The number of nitrogens with one attached hydrogen (secondary N) is 1. The van der Waals surface area contributed by atoms with Gasteiger partial charge in [-0.3, -0.25) is 4.90 Å². The van der Waals surface area contributed by atoms with E-state index in [1.807, 2.05) is 0 Å². The van der Waals surface area contributed by atoms with Gasteiger partial charge in [0.1, 0.15) is 0 Å². The molecule has 0 atom stereocenters. The summed E-state index contributed by atoms with van der Waals surface area (Å²) in [6, 6.07) is 1.32. The smallest absolute Gasteiger partial charge is 0.390 e. The zero-order chi connectivity index (χ0) is 15.7. The highest BCUT2D eigenvalue weighted by atomic mass is 32.2. The number of sulfonamides is 1. The molecule has 1 fully saturated rings. The Morgan fingerprint density at radius 3 is 2.33 bits per heavy atom. The minimum absolute atomic E-state index is 0.0100. The topological polar surface area (TPSA) is 76.6 Å². The van der Waals surface area contributed by atoms with Crippen LogP contribution >= 0.6 is 0 Å². The number of aliphatic hydroxyl groups excluding tert-OH is 1. The normalized spacial score (nSPS) is 19.0. The molecule has 0 spiro atoms. The average Bonchev–Trinajstić information content (AvgIpc) is 2.87. The number of H-pyrrole nitrogens is 1. The summed E-state index contributed by atoms with van der Waals surface area (Å²) < 4.78 is 62.6. The number of alkyl halides is 3. The maximum Gasteiger partial charge on any atom is 0.401 e. The van der Waals surface area contributed by atoms with Crippen LogP contribution in [0.2, 0.25) is 0 Å². The van der Waals surface area contributed by atoms with Crippen molar-refractivity contribution in [1.29, 1.82) is 0 Å². The van der Waals surface area contributed by atoms with Gasteiger partial charge in [-0.25, -0.2) is 8.42 Å². The molecular weight excluding hydrogens is 311 g/mol. The van der Waals surface area contributed by atoms with Gasteiger partial charge in [0.15, 0.2) is 0 Å². The van der Waals surface area contributed by atoms with Crippen LogP contribution in [-0.4, -0.2) is 66.6 Å². The summed E-state index contributed by atoms with van der Waals surface area (Å²) in [6.07, 6.45) is -3.01. The summed E-state index contributed by atoms with van der Waals surface area (Å²) in [7, 11) is -3.74. The van der Waals surface area contributed by atoms with E-state index < -0.39 is 22.7 Å². The Labute approximate surface area is 120 Å². The second-order valence-corrected chi connectivity index (χ2v) is 6.75. The van der Waals surface area contributed by atoms with Crippen molar-refractivity contribution in [3.8, 4) is 0 Å². The van der Waals surface area contributed by atoms with Crippen LogP contribution in [0.15, 0.2) is 17.2 Å². The molecule has 0 unspecified atom stereocenters. The minimum Gasteiger partial charge on any atom is -0.390 e. The lowest BCUT2D eigenvalue weighted by atomic mass is 10.3. The third kappa shape index (κ3) is 3.96. The summed E-state index contributed by atoms with van der Waals surface area (Å²) in [5.41, 5.74) is 0.365. The number of hydrogen-bond donors (Lipinski definition) is 2. The molecule has 0 amide bonds. The predicted octanol–water partition coefficient (Wildman–Crippen LogP) is 0.376. The standard InChI is InChI=1S/C11H16F3N3O3S/c12-11(13,14)8-16-1-3-17(4-2-16)21(19,20)10-5-9(7-18)15-6-10/h5-6,15,18H,1-4,7-8H2. The van der Waals surface area contributed by atoms with E-state index in [0.29, 0.717) is 5.69 Å². The van der Waals surface area contributed by atoms with E-state index in [2.05, 4.69) is 4.98 Å². The van der Waals surface area contributed by atoms with Crippen molar-refractivity contribution < 1.29 is 26.7 Å². The molecule has 1 saturated heterocycles. The van der Waals surface area contributed by atoms with Gasteiger partial charge in [0.05, 0.1) is 18.0 Å². The molecule has 1 aromatic rings. The van der Waals surface area contributed by atoms with Gasteiger partial charge in [-0.2, -0.15) is 17.5 Å². The Bertz CT molecular complexity index is 577. The molecule has 6 nitrogen and oxygen atoms in total. The maximum absolute atomic E-state index is 12.3. The highest BCUT2D eigenvalue weighted by Gasteiger charge is 2.35. The molecule has 2 N–H and O–H groups in total. The van der Waals surface area contributed by atoms with Crippen molar-refractivity contribution in [3.63, 3.8) is 0 Å². The van der Waals surface area contributed by atoms with E-state index in [1.54, 1.807) is 0 Å². The molecular formula is C11H16F3N3O3S. The van der Waals surface area contributed by atoms with E-state index >= 15 is 0 Å². The largest absolute Gasteiger partial charge is 0.401 e. The Kier molecular flexibility index (Phi) is 4.61. The van der Waals surface area contributed by atoms with E-state index in [9.17, 15) is 21.6 Å². The summed E-state index contributed by atoms with van der Waals surface area (Å²) in [6.45, 7) is -1.24. The lowest BCUT2D eigenvalue weighted by molar-refractivity contribution is -0.148. The van der Waals surface area contributed by atoms with Crippen molar-refractivity contribution in [1.82, 2.24) is 14.2 Å². The van der Waals surface area contributed by atoms with Crippen LogP contribution < -0.4 is 0 Å². The van der Waals surface area contributed by atoms with E-state index in [1.165, 1.54) is 17.2 Å². The summed E-state index contributed by atoms with van der Waals surface area (Å²) in [5.74, 6) is 0. The Balaban J connectivity index is 2.01. The lowest BCUT2D eigenvalue weighted by Gasteiger charge is -2.34. The first-order chi connectivity index (χ1) is 9.72. The summed E-state index contributed by atoms with van der Waals surface area (Å²) in [4.78, 5) is 3.82. The summed E-state index contributed by atoms with van der Waals surface area (Å²) in [5, 5.41) is 8.92. The molecule has 0 aliphatic carbocycles. The van der Waals surface area contributed by atoms with Crippen molar-refractivity contribution in [2.24, 2.45) is 0 Å². The first kappa shape index (κ1) is 16.3. The maximum atomic E-state index is 12.3. The zero-order valence-corrected chi connectivity index (χ0v) is 11.9. The first-order valence-electron chi connectivity index (χ1n) is 6.30. The molecule has 0 radical (unpaired) electrons. The van der Waals surface area contributed by atoms with Crippen LogP contribution in [0.25, 0.3) is 0 Å². The first-order valence-corrected chi connectivity index (χ1v) is 7.74. The second kappa shape index (κ2) is 5.95. The number of hydrogen-bond acceptors (Lipinski definition) is 4. The van der Waals surface area contributed by atoms with E-state index in [-0.39, 0.29) is 37.7 Å². The second-order valence-electron chi connectivity index (χ2n) is 4.81. The van der Waals surface area contributed by atoms with Crippen molar-refractivity contribution in [3.05, 3.63) is 18.0 Å². The van der Waals surface area contributed by atoms with Gasteiger partial charge >= 0.3 is 6.18 Å². The van der Waals surface area contributed by atoms with Crippen LogP contribution in [-0.2, 0) is 16.6 Å². The van der Waals surface area contributed by atoms with Gasteiger partial charge < -0.3 is 10.1 Å². The summed E-state index contributed by atoms with van der Waals surface area (Å²) >= 11 is 0. The number of aliphatic hydroxyl groups is 1. The number of nitrogens with zero attached hydrogens (tertiary/aromatic N) is 2. The molecule has 10 heteroatoms. The average molecular weight is 327 g/mol. The van der Waals surface area contributed by atoms with Crippen molar-refractivity contribution in [2.45, 2.75) is 17.7 Å². The highest BCUT2D eigenvalue weighted by molar-refractivity contribution is 7.89. The zero-order valence-electron chi connectivity index (χ0n) is 11.1. The number of aromatic amines is 1. The molecule has 0 aromatic carbocycles. The van der Waals surface area contributed by atoms with Gasteiger partial charge in [0.25, 0.3) is 0 Å². The third-order valence-electron chi connectivity index (χ3n) is 3.26. The fraction of sp³-hybridized carbons (Fsp3) is 0.636. The molecule has 1 aliphatic heterocycles. The van der Waals surface area contributed by atoms with Crippen LogP contribution in [0.1, 0.15) is 5.69 Å². The van der Waals surface area contributed by atoms with Crippen LogP contribution in [0, 0.1) is 0 Å². The molecule has 2 rings (SSSR count). The van der Waals surface area contributed by atoms with Gasteiger partial charge in [-0.05, 0) is 6.07 Å². The number of piperazine rings is 1. The number of halogens is 3. The molecule has 0 saturated carbocycles. The van der Waals surface area contributed by atoms with Crippen LogP contribution in [0.5, 0.6) is 0 Å². The lowest BCUT2D eigenvalue weighted by Crippen LogP contribution is -2.50. The molecule has 2 heterocycles. The Hall–Kier alpha value is -1.10. The predicted molar refractivity (Wildman–Crippen MR) is 68.0 cm³/mol. The highest BCUT2D eigenvalue weighted by Crippen LogP contribution is 2.21. The molecule has 120 valence electrons. The number of rotatable bonds is 4. The number of aromatic nitrogens is 1. The Morgan fingerprint density at radius 2 is 1.86 bits per heavy atom. The molecule has 0 bridgehead atoms. The third-order valence-corrected chi connectivity index (χ3v) is 5.13. The fourth-order valence-electron chi connectivity index (χ4n) is 2.19. The van der Waals surface area contributed by atoms with E-state index in [4.69, 9.17) is 5.11 Å². The quantitative estimate of drug-likeness (QED) is 0.838. The Morgan fingerprint density at radius 1 is 1.24 bits per heavy atom. The fourth-order valence-corrected chi connectivity index (χ4v) is 3.63. The molecule has 21 heavy (non-hydrogen) atoms. The van der Waals surface area contributed by atoms with Crippen molar-refractivity contribution in [2.75, 3.05) is 32.7 Å². The monoisotopic (exact) mass is 327 g/mol. The van der Waals surface area contributed by atoms with Gasteiger partial charge in [-0.15, -0.1) is 0 Å². The molecule has 1 aliphatic rings. The van der Waals surface area contributed by atoms with Crippen LogP contribution in [0.4, 0.5) is 13.2 Å². The SMILES string of the molecule is O=S(=O)(c1c[nH]c(CO)c1)N1CCN(CC(F)(F)F)CC1. The van der Waals surface area contributed by atoms with Gasteiger partial charge in [0.2, 0.25) is 10.0 Å². The van der Waals surface area contributed by atoms with Crippen LogP contribution in [0.3, 0.4) is 0 Å².